The average molecular weight is 296 g/mol. The summed E-state index contributed by atoms with van der Waals surface area (Å²) in [6.07, 6.45) is -4.45. The number of nitrogens with one attached hydrogen (secondary N) is 1. The van der Waals surface area contributed by atoms with Crippen molar-refractivity contribution in [3.8, 4) is 0 Å². The Bertz CT molecular complexity index is 398. The summed E-state index contributed by atoms with van der Waals surface area (Å²) in [5, 5.41) is 2.10. The van der Waals surface area contributed by atoms with Gasteiger partial charge in [0, 0.05) is 0 Å². The first-order chi connectivity index (χ1) is 9.24. The molecule has 1 fully saturated rings. The van der Waals surface area contributed by atoms with Crippen molar-refractivity contribution in [1.29, 1.82) is 0 Å². The highest BCUT2D eigenvalue weighted by Crippen LogP contribution is 2.15. The van der Waals surface area contributed by atoms with Crippen LogP contribution in [-0.2, 0) is 19.1 Å². The maximum Gasteiger partial charge on any atom is 0.411 e. The number of carbonyl (C=O) groups excluding carboxylic acids is 3. The van der Waals surface area contributed by atoms with E-state index in [0.717, 1.165) is 4.90 Å². The van der Waals surface area contributed by atoms with Crippen LogP contribution in [-0.4, -0.2) is 54.6 Å². The van der Waals surface area contributed by atoms with Gasteiger partial charge in [0.25, 0.3) is 0 Å². The van der Waals surface area contributed by atoms with Crippen LogP contribution in [0.4, 0.5) is 13.2 Å². The number of amides is 3. The highest BCUT2D eigenvalue weighted by molar-refractivity contribution is 6.04. The monoisotopic (exact) mass is 296 g/mol. The van der Waals surface area contributed by atoms with Gasteiger partial charge in [0.15, 0.2) is 0 Å². The summed E-state index contributed by atoms with van der Waals surface area (Å²) in [5.74, 6) is -1.76. The lowest BCUT2D eigenvalue weighted by Gasteiger charge is -2.33. The second-order valence-electron chi connectivity index (χ2n) is 4.28. The predicted octanol–water partition coefficient (Wildman–Crippen LogP) is 0.219. The molecule has 0 aromatic heterocycles. The fraction of sp³-hybridized carbons (Fsp3) is 0.727. The summed E-state index contributed by atoms with van der Waals surface area (Å²) < 4.78 is 39.8. The molecule has 1 N–H and O–H groups in total. The van der Waals surface area contributed by atoms with Gasteiger partial charge in [0.2, 0.25) is 17.7 Å². The van der Waals surface area contributed by atoms with E-state index in [-0.39, 0.29) is 13.0 Å². The fourth-order valence-corrected chi connectivity index (χ4v) is 1.83. The van der Waals surface area contributed by atoms with Crippen LogP contribution in [0.5, 0.6) is 0 Å². The molecule has 0 bridgehead atoms. The Morgan fingerprint density at radius 1 is 1.45 bits per heavy atom. The third-order valence-corrected chi connectivity index (χ3v) is 2.69. The fourth-order valence-electron chi connectivity index (χ4n) is 1.83. The van der Waals surface area contributed by atoms with Crippen molar-refractivity contribution >= 4 is 17.7 Å². The molecule has 0 aliphatic carbocycles. The molecule has 1 rings (SSSR count). The number of halogens is 3. The minimum absolute atomic E-state index is 0.275. The van der Waals surface area contributed by atoms with E-state index >= 15 is 0 Å². The molecule has 3 amide bonds. The van der Waals surface area contributed by atoms with Gasteiger partial charge in [-0.2, -0.15) is 13.2 Å². The van der Waals surface area contributed by atoms with E-state index in [4.69, 9.17) is 0 Å². The van der Waals surface area contributed by atoms with Crippen molar-refractivity contribution in [2.45, 2.75) is 32.0 Å². The number of piperazine rings is 1. The van der Waals surface area contributed by atoms with Crippen molar-refractivity contribution in [3.05, 3.63) is 0 Å². The maximum absolute atomic E-state index is 11.8. The largest absolute Gasteiger partial charge is 0.411 e. The Labute approximate surface area is 113 Å². The summed E-state index contributed by atoms with van der Waals surface area (Å²) >= 11 is 0. The Morgan fingerprint density at radius 2 is 2.10 bits per heavy atom. The Balaban J connectivity index is 2.48. The van der Waals surface area contributed by atoms with Crippen LogP contribution in [0.15, 0.2) is 0 Å². The number of imide groups is 1. The first kappa shape index (κ1) is 16.4. The van der Waals surface area contributed by atoms with E-state index in [2.05, 4.69) is 10.1 Å². The predicted molar refractivity (Wildman–Crippen MR) is 60.4 cm³/mol. The molecule has 1 aliphatic rings. The molecule has 6 nitrogen and oxygen atoms in total. The van der Waals surface area contributed by atoms with E-state index in [1.165, 1.54) is 0 Å². The molecule has 114 valence electrons. The van der Waals surface area contributed by atoms with Crippen LogP contribution >= 0.6 is 0 Å². The zero-order chi connectivity index (χ0) is 15.3. The topological polar surface area (TPSA) is 75.7 Å². The van der Waals surface area contributed by atoms with Gasteiger partial charge in [-0.15, -0.1) is 0 Å². The molecular formula is C11H15F3N2O4. The van der Waals surface area contributed by atoms with Gasteiger partial charge in [0.1, 0.15) is 19.2 Å². The minimum Gasteiger partial charge on any atom is -0.372 e. The molecule has 0 aromatic carbocycles. The zero-order valence-electron chi connectivity index (χ0n) is 10.8. The number of hydrogen-bond donors (Lipinski definition) is 1. The molecule has 20 heavy (non-hydrogen) atoms. The van der Waals surface area contributed by atoms with Gasteiger partial charge in [-0.25, -0.2) is 0 Å². The van der Waals surface area contributed by atoms with Gasteiger partial charge < -0.3 is 9.64 Å². The van der Waals surface area contributed by atoms with Crippen LogP contribution < -0.4 is 5.32 Å². The lowest BCUT2D eigenvalue weighted by Crippen LogP contribution is -2.59. The normalized spacial score (nSPS) is 20.0. The molecule has 9 heteroatoms. The summed E-state index contributed by atoms with van der Waals surface area (Å²) in [5.41, 5.74) is 0. The van der Waals surface area contributed by atoms with Gasteiger partial charge in [-0.05, 0) is 6.42 Å². The quantitative estimate of drug-likeness (QED) is 0.581. The van der Waals surface area contributed by atoms with Gasteiger partial charge >= 0.3 is 6.18 Å². The summed E-state index contributed by atoms with van der Waals surface area (Å²) in [4.78, 5) is 35.6. The lowest BCUT2D eigenvalue weighted by atomic mass is 10.1. The summed E-state index contributed by atoms with van der Waals surface area (Å²) in [7, 11) is 0. The molecule has 1 aliphatic heterocycles. The van der Waals surface area contributed by atoms with Crippen molar-refractivity contribution in [3.63, 3.8) is 0 Å². The van der Waals surface area contributed by atoms with Crippen LogP contribution in [0.25, 0.3) is 0 Å². The van der Waals surface area contributed by atoms with Crippen LogP contribution in [0.1, 0.15) is 19.8 Å². The number of hydrogen-bond acceptors (Lipinski definition) is 4. The third-order valence-electron chi connectivity index (χ3n) is 2.69. The zero-order valence-corrected chi connectivity index (χ0v) is 10.8. The van der Waals surface area contributed by atoms with Crippen molar-refractivity contribution in [2.24, 2.45) is 0 Å². The number of nitrogens with zero attached hydrogens (tertiary/aromatic N) is 1. The SMILES string of the molecule is CCC1C(=O)NC(=O)CN1C(=O)CCOCC(F)(F)F. The van der Waals surface area contributed by atoms with E-state index in [1.807, 2.05) is 0 Å². The van der Waals surface area contributed by atoms with Crippen molar-refractivity contribution in [2.75, 3.05) is 19.8 Å². The molecule has 0 aromatic rings. The third kappa shape index (κ3) is 4.80. The summed E-state index contributed by atoms with van der Waals surface area (Å²) in [6.45, 7) is -0.458. The highest BCUT2D eigenvalue weighted by atomic mass is 19.4. The standard InChI is InChI=1S/C11H15F3N2O4/c1-2-7-10(19)15-8(17)5-16(7)9(18)3-4-20-6-11(12,13)14/h7H,2-6H2,1H3,(H,15,17,19). The van der Waals surface area contributed by atoms with Crippen LogP contribution in [0.3, 0.4) is 0 Å². The van der Waals surface area contributed by atoms with Gasteiger partial charge in [-0.3, -0.25) is 19.7 Å². The molecule has 1 unspecified atom stereocenters. The molecule has 1 atom stereocenters. The van der Waals surface area contributed by atoms with E-state index in [1.54, 1.807) is 6.92 Å². The second kappa shape index (κ2) is 6.69. The molecule has 0 spiro atoms. The lowest BCUT2D eigenvalue weighted by molar-refractivity contribution is -0.175. The summed E-state index contributed by atoms with van der Waals surface area (Å²) in [6, 6.07) is -0.775. The molecule has 1 heterocycles. The number of alkyl halides is 3. The van der Waals surface area contributed by atoms with Crippen molar-refractivity contribution < 1.29 is 32.3 Å². The number of ether oxygens (including phenoxy) is 1. The molecule has 1 saturated heterocycles. The van der Waals surface area contributed by atoms with E-state index in [9.17, 15) is 27.6 Å². The second-order valence-corrected chi connectivity index (χ2v) is 4.28. The van der Waals surface area contributed by atoms with E-state index in [0.29, 0.717) is 6.42 Å². The first-order valence-electron chi connectivity index (χ1n) is 6.02. The average Bonchev–Trinajstić information content (AvgIpc) is 2.32. The number of rotatable bonds is 5. The molecule has 0 saturated carbocycles. The van der Waals surface area contributed by atoms with E-state index < -0.39 is 43.2 Å². The Kier molecular flexibility index (Phi) is 5.49. The molecule has 0 radical (unpaired) electrons. The molecular weight excluding hydrogens is 281 g/mol. The smallest absolute Gasteiger partial charge is 0.372 e. The highest BCUT2D eigenvalue weighted by Gasteiger charge is 2.35. The Morgan fingerprint density at radius 3 is 2.65 bits per heavy atom. The maximum atomic E-state index is 11.8. The first-order valence-corrected chi connectivity index (χ1v) is 6.02. The van der Waals surface area contributed by atoms with Crippen LogP contribution in [0, 0.1) is 0 Å². The van der Waals surface area contributed by atoms with Crippen molar-refractivity contribution in [1.82, 2.24) is 10.2 Å². The number of carbonyl (C=O) groups is 3. The minimum atomic E-state index is -4.45. The van der Waals surface area contributed by atoms with Gasteiger partial charge in [-0.1, -0.05) is 6.92 Å². The van der Waals surface area contributed by atoms with Crippen LogP contribution in [0.2, 0.25) is 0 Å². The van der Waals surface area contributed by atoms with Gasteiger partial charge in [0.05, 0.1) is 13.0 Å². The Hall–Kier alpha value is -1.64.